The van der Waals surface area contributed by atoms with Gasteiger partial charge < -0.3 is 14.8 Å². The SMILES string of the molecule is O=C(COC(=O)c1c2c(nc3ccccc13)/C(=C/c1cccs1)CCC2)Nc1ccccc1OC(F)F. The number of halogens is 2. The van der Waals surface area contributed by atoms with Crippen molar-refractivity contribution >= 4 is 51.5 Å². The van der Waals surface area contributed by atoms with Crippen LogP contribution in [-0.2, 0) is 16.0 Å². The van der Waals surface area contributed by atoms with Crippen molar-refractivity contribution in [1.82, 2.24) is 4.98 Å². The van der Waals surface area contributed by atoms with Crippen molar-refractivity contribution in [3.8, 4) is 5.75 Å². The number of pyridine rings is 1. The summed E-state index contributed by atoms with van der Waals surface area (Å²) in [5.41, 5.74) is 3.74. The Morgan fingerprint density at radius 1 is 1.05 bits per heavy atom. The Balaban J connectivity index is 1.41. The van der Waals surface area contributed by atoms with Gasteiger partial charge in [-0.1, -0.05) is 36.4 Å². The zero-order valence-corrected chi connectivity index (χ0v) is 20.4. The topological polar surface area (TPSA) is 77.5 Å². The molecular formula is C28H22F2N2O4S. The molecule has 2 heterocycles. The van der Waals surface area contributed by atoms with E-state index >= 15 is 0 Å². The van der Waals surface area contributed by atoms with Gasteiger partial charge in [0.25, 0.3) is 5.91 Å². The lowest BCUT2D eigenvalue weighted by atomic mass is 9.86. The summed E-state index contributed by atoms with van der Waals surface area (Å²) in [4.78, 5) is 31.9. The van der Waals surface area contributed by atoms with E-state index in [0.717, 1.165) is 34.5 Å². The van der Waals surface area contributed by atoms with Crippen molar-refractivity contribution in [3.63, 3.8) is 0 Å². The molecule has 37 heavy (non-hydrogen) atoms. The van der Waals surface area contributed by atoms with Gasteiger partial charge in [-0.25, -0.2) is 9.78 Å². The number of nitrogens with zero attached hydrogens (tertiary/aromatic N) is 1. The number of carbonyl (C=O) groups is 2. The number of aromatic nitrogens is 1. The number of alkyl halides is 2. The predicted octanol–water partition coefficient (Wildman–Crippen LogP) is 6.57. The van der Waals surface area contributed by atoms with Gasteiger partial charge in [0.1, 0.15) is 5.75 Å². The van der Waals surface area contributed by atoms with Gasteiger partial charge >= 0.3 is 12.6 Å². The van der Waals surface area contributed by atoms with Crippen LogP contribution in [0, 0.1) is 0 Å². The molecule has 4 aromatic rings. The predicted molar refractivity (Wildman–Crippen MR) is 139 cm³/mol. The zero-order valence-electron chi connectivity index (χ0n) is 19.6. The first kappa shape index (κ1) is 24.6. The molecule has 0 spiro atoms. The summed E-state index contributed by atoms with van der Waals surface area (Å²) in [6.07, 6.45) is 4.45. The molecule has 2 aromatic heterocycles. The minimum absolute atomic E-state index is 0.0546. The molecule has 9 heteroatoms. The number of hydrogen-bond acceptors (Lipinski definition) is 6. The fraction of sp³-hybridized carbons (Fsp3) is 0.179. The molecule has 2 aromatic carbocycles. The molecule has 0 atom stereocenters. The molecule has 0 aliphatic heterocycles. The number of amides is 1. The first-order chi connectivity index (χ1) is 18.0. The molecule has 0 fully saturated rings. The van der Waals surface area contributed by atoms with Crippen molar-refractivity contribution in [2.45, 2.75) is 25.9 Å². The van der Waals surface area contributed by atoms with Crippen molar-refractivity contribution in [1.29, 1.82) is 0 Å². The highest BCUT2D eigenvalue weighted by Gasteiger charge is 2.26. The summed E-state index contributed by atoms with van der Waals surface area (Å²) in [6.45, 7) is -3.63. The molecule has 6 nitrogen and oxygen atoms in total. The van der Waals surface area contributed by atoms with E-state index in [9.17, 15) is 18.4 Å². The molecule has 1 amide bonds. The third-order valence-electron chi connectivity index (χ3n) is 5.95. The summed E-state index contributed by atoms with van der Waals surface area (Å²) >= 11 is 1.63. The Morgan fingerprint density at radius 2 is 1.86 bits per heavy atom. The maximum Gasteiger partial charge on any atom is 0.387 e. The number of allylic oxidation sites excluding steroid dienone is 1. The van der Waals surface area contributed by atoms with E-state index in [-0.39, 0.29) is 11.4 Å². The summed E-state index contributed by atoms with van der Waals surface area (Å²) in [5.74, 6) is -1.50. The van der Waals surface area contributed by atoms with Gasteiger partial charge in [-0.05, 0) is 66.1 Å². The van der Waals surface area contributed by atoms with Crippen LogP contribution in [0.15, 0.2) is 66.0 Å². The highest BCUT2D eigenvalue weighted by atomic mass is 32.1. The number of nitrogens with one attached hydrogen (secondary N) is 1. The molecule has 0 radical (unpaired) electrons. The first-order valence-corrected chi connectivity index (χ1v) is 12.5. The average Bonchev–Trinajstić information content (AvgIpc) is 3.40. The normalized spacial score (nSPS) is 14.0. The molecule has 188 valence electrons. The lowest BCUT2D eigenvalue weighted by Gasteiger charge is -2.22. The van der Waals surface area contributed by atoms with E-state index in [1.807, 2.05) is 41.8 Å². The Hall–Kier alpha value is -4.11. The summed E-state index contributed by atoms with van der Waals surface area (Å²) in [5, 5.41) is 5.12. The molecule has 1 aliphatic rings. The second-order valence-electron chi connectivity index (χ2n) is 8.37. The standard InChI is InChI=1S/C28H22F2N2O4S/c29-28(30)36-23-13-4-3-12-22(23)31-24(33)16-35-27(34)25-19-9-1-2-11-21(19)32-26-17(7-5-10-20(25)26)15-18-8-6-14-37-18/h1-4,6,8-9,11-15,28H,5,7,10,16H2,(H,31,33)/b17-15+. The van der Waals surface area contributed by atoms with Gasteiger partial charge in [0.05, 0.1) is 22.5 Å². The molecule has 0 saturated heterocycles. The maximum atomic E-state index is 13.4. The van der Waals surface area contributed by atoms with Crippen LogP contribution in [0.3, 0.4) is 0 Å². The lowest BCUT2D eigenvalue weighted by Crippen LogP contribution is -2.23. The number of rotatable bonds is 7. The Kier molecular flexibility index (Phi) is 7.23. The number of carbonyl (C=O) groups excluding carboxylic acids is 2. The quantitative estimate of drug-likeness (QED) is 0.279. The highest BCUT2D eigenvalue weighted by Crippen LogP contribution is 2.37. The van der Waals surface area contributed by atoms with E-state index in [1.54, 1.807) is 17.4 Å². The lowest BCUT2D eigenvalue weighted by molar-refractivity contribution is -0.119. The number of para-hydroxylation sites is 3. The monoisotopic (exact) mass is 520 g/mol. The smallest absolute Gasteiger partial charge is 0.387 e. The second kappa shape index (κ2) is 10.9. The average molecular weight is 521 g/mol. The fourth-order valence-electron chi connectivity index (χ4n) is 4.41. The van der Waals surface area contributed by atoms with Crippen molar-refractivity contribution in [2.75, 3.05) is 11.9 Å². The van der Waals surface area contributed by atoms with Crippen LogP contribution >= 0.6 is 11.3 Å². The Morgan fingerprint density at radius 3 is 2.68 bits per heavy atom. The van der Waals surface area contributed by atoms with Gasteiger partial charge in [-0.15, -0.1) is 11.3 Å². The van der Waals surface area contributed by atoms with Crippen LogP contribution < -0.4 is 10.1 Å². The minimum atomic E-state index is -3.04. The van der Waals surface area contributed by atoms with E-state index in [4.69, 9.17) is 9.72 Å². The van der Waals surface area contributed by atoms with Crippen LogP contribution in [0.4, 0.5) is 14.5 Å². The number of ether oxygens (including phenoxy) is 2. The van der Waals surface area contributed by atoms with E-state index < -0.39 is 25.1 Å². The van der Waals surface area contributed by atoms with Gasteiger partial charge in [0, 0.05) is 10.3 Å². The van der Waals surface area contributed by atoms with Crippen LogP contribution in [-0.4, -0.2) is 30.1 Å². The van der Waals surface area contributed by atoms with Crippen LogP contribution in [0.5, 0.6) is 5.75 Å². The van der Waals surface area contributed by atoms with Gasteiger partial charge in [0.2, 0.25) is 0 Å². The summed E-state index contributed by atoms with van der Waals surface area (Å²) < 4.78 is 35.2. The summed E-state index contributed by atoms with van der Waals surface area (Å²) in [7, 11) is 0. The molecule has 1 N–H and O–H groups in total. The molecule has 0 saturated carbocycles. The van der Waals surface area contributed by atoms with Crippen LogP contribution in [0.2, 0.25) is 0 Å². The molecular weight excluding hydrogens is 498 g/mol. The van der Waals surface area contributed by atoms with E-state index in [0.29, 0.717) is 22.9 Å². The first-order valence-electron chi connectivity index (χ1n) is 11.7. The number of esters is 1. The largest absolute Gasteiger partial charge is 0.452 e. The number of anilines is 1. The zero-order chi connectivity index (χ0) is 25.8. The van der Waals surface area contributed by atoms with Crippen LogP contribution in [0.25, 0.3) is 22.6 Å². The third kappa shape index (κ3) is 5.51. The van der Waals surface area contributed by atoms with Gasteiger partial charge in [0.15, 0.2) is 6.61 Å². The molecule has 0 unspecified atom stereocenters. The van der Waals surface area contributed by atoms with Crippen molar-refractivity contribution in [2.24, 2.45) is 0 Å². The number of hydrogen-bond donors (Lipinski definition) is 1. The van der Waals surface area contributed by atoms with Crippen molar-refractivity contribution < 1.29 is 27.8 Å². The Bertz CT molecular complexity index is 1490. The van der Waals surface area contributed by atoms with Crippen LogP contribution in [0.1, 0.15) is 39.3 Å². The number of benzene rings is 2. The second-order valence-corrected chi connectivity index (χ2v) is 9.35. The number of thiophene rings is 1. The maximum absolute atomic E-state index is 13.4. The minimum Gasteiger partial charge on any atom is -0.452 e. The van der Waals surface area contributed by atoms with Gasteiger partial charge in [-0.2, -0.15) is 8.78 Å². The van der Waals surface area contributed by atoms with E-state index in [2.05, 4.69) is 16.1 Å². The third-order valence-corrected chi connectivity index (χ3v) is 6.76. The molecule has 5 rings (SSSR count). The highest BCUT2D eigenvalue weighted by molar-refractivity contribution is 7.10. The van der Waals surface area contributed by atoms with Gasteiger partial charge in [-0.3, -0.25) is 4.79 Å². The Labute approximate surface area is 215 Å². The summed E-state index contributed by atoms with van der Waals surface area (Å²) in [6, 6.07) is 17.2. The number of fused-ring (bicyclic) bond motifs is 2. The molecule has 1 aliphatic carbocycles. The fourth-order valence-corrected chi connectivity index (χ4v) is 5.09. The van der Waals surface area contributed by atoms with E-state index in [1.165, 1.54) is 18.2 Å². The molecule has 0 bridgehead atoms. The van der Waals surface area contributed by atoms with Crippen molar-refractivity contribution in [3.05, 3.63) is 87.7 Å².